The average molecular weight is 385 g/mol. The lowest BCUT2D eigenvalue weighted by molar-refractivity contribution is -0.121. The molecular formula is C22H25ClN2O2. The lowest BCUT2D eigenvalue weighted by Crippen LogP contribution is -2.43. The van der Waals surface area contributed by atoms with Crippen LogP contribution in [0.4, 0.5) is 5.69 Å². The molecule has 1 N–H and O–H groups in total. The monoisotopic (exact) mass is 384 g/mol. The fraction of sp³-hybridized carbons (Fsp3) is 0.364. The van der Waals surface area contributed by atoms with Gasteiger partial charge >= 0.3 is 0 Å². The largest absolute Gasteiger partial charge is 0.338 e. The molecular weight excluding hydrogens is 360 g/mol. The Bertz CT molecular complexity index is 858. The third-order valence-corrected chi connectivity index (χ3v) is 5.24. The van der Waals surface area contributed by atoms with E-state index < -0.39 is 0 Å². The number of anilines is 1. The molecule has 0 radical (unpaired) electrons. The minimum atomic E-state index is -0.231. The van der Waals surface area contributed by atoms with Gasteiger partial charge in [0.05, 0.1) is 16.6 Å². The molecule has 2 amide bonds. The van der Waals surface area contributed by atoms with Crippen LogP contribution < -0.4 is 5.32 Å². The van der Waals surface area contributed by atoms with Gasteiger partial charge in [0, 0.05) is 18.7 Å². The minimum absolute atomic E-state index is 0.00679. The van der Waals surface area contributed by atoms with Crippen LogP contribution in [0, 0.1) is 26.7 Å². The third kappa shape index (κ3) is 4.69. The molecule has 142 valence electrons. The van der Waals surface area contributed by atoms with Crippen LogP contribution in [0.3, 0.4) is 0 Å². The predicted molar refractivity (Wildman–Crippen MR) is 109 cm³/mol. The smallest absolute Gasteiger partial charge is 0.253 e. The van der Waals surface area contributed by atoms with Gasteiger partial charge in [0.25, 0.3) is 5.91 Å². The molecule has 0 bridgehead atoms. The number of carbonyl (C=O) groups excluding carboxylic acids is 2. The molecule has 0 saturated carbocycles. The fourth-order valence-corrected chi connectivity index (χ4v) is 3.89. The van der Waals surface area contributed by atoms with Crippen LogP contribution in [0.5, 0.6) is 0 Å². The van der Waals surface area contributed by atoms with Gasteiger partial charge in [-0.05, 0) is 63.4 Å². The lowest BCUT2D eigenvalue weighted by atomic mass is 9.96. The minimum Gasteiger partial charge on any atom is -0.338 e. The Kier molecular flexibility index (Phi) is 5.85. The molecule has 4 nitrogen and oxygen atoms in total. The predicted octanol–water partition coefficient (Wildman–Crippen LogP) is 4.76. The molecule has 1 unspecified atom stereocenters. The van der Waals surface area contributed by atoms with Crippen LogP contribution in [-0.2, 0) is 4.79 Å². The Labute approximate surface area is 165 Å². The van der Waals surface area contributed by atoms with Gasteiger partial charge in [-0.1, -0.05) is 34.9 Å². The Hall–Kier alpha value is -2.33. The van der Waals surface area contributed by atoms with E-state index in [2.05, 4.69) is 11.4 Å². The molecule has 1 atom stereocenters. The summed E-state index contributed by atoms with van der Waals surface area (Å²) in [6, 6.07) is 11.4. The fourth-order valence-electron chi connectivity index (χ4n) is 3.61. The third-order valence-electron chi connectivity index (χ3n) is 4.93. The van der Waals surface area contributed by atoms with E-state index in [-0.39, 0.29) is 17.7 Å². The Morgan fingerprint density at radius 2 is 1.74 bits per heavy atom. The quantitative estimate of drug-likeness (QED) is 0.829. The number of likely N-dealkylation sites (tertiary alicyclic amines) is 1. The number of hydrogen-bond acceptors (Lipinski definition) is 2. The van der Waals surface area contributed by atoms with Gasteiger partial charge in [-0.3, -0.25) is 9.59 Å². The number of halogens is 1. The maximum Gasteiger partial charge on any atom is 0.253 e. The van der Waals surface area contributed by atoms with Gasteiger partial charge in [0.15, 0.2) is 0 Å². The maximum absolute atomic E-state index is 12.9. The first-order chi connectivity index (χ1) is 12.8. The zero-order valence-electron chi connectivity index (χ0n) is 16.0. The van der Waals surface area contributed by atoms with Crippen LogP contribution in [-0.4, -0.2) is 29.8 Å². The zero-order valence-corrected chi connectivity index (χ0v) is 16.8. The van der Waals surface area contributed by atoms with Crippen molar-refractivity contribution in [3.8, 4) is 0 Å². The zero-order chi connectivity index (χ0) is 19.6. The molecule has 1 heterocycles. The van der Waals surface area contributed by atoms with Crippen molar-refractivity contribution in [2.24, 2.45) is 5.92 Å². The topological polar surface area (TPSA) is 49.4 Å². The summed E-state index contributed by atoms with van der Waals surface area (Å²) in [7, 11) is 0. The molecule has 1 fully saturated rings. The Morgan fingerprint density at radius 3 is 2.41 bits per heavy atom. The van der Waals surface area contributed by atoms with Gasteiger partial charge in [-0.25, -0.2) is 0 Å². The van der Waals surface area contributed by atoms with Crippen molar-refractivity contribution in [1.82, 2.24) is 4.90 Å². The van der Waals surface area contributed by atoms with E-state index >= 15 is 0 Å². The number of nitrogens with zero attached hydrogens (tertiary/aromatic N) is 1. The van der Waals surface area contributed by atoms with E-state index in [1.165, 1.54) is 0 Å². The first kappa shape index (κ1) is 19.4. The summed E-state index contributed by atoms with van der Waals surface area (Å²) in [5.41, 5.74) is 4.48. The van der Waals surface area contributed by atoms with Gasteiger partial charge in [0.2, 0.25) is 5.91 Å². The van der Waals surface area contributed by atoms with E-state index in [4.69, 9.17) is 11.6 Å². The van der Waals surface area contributed by atoms with Crippen molar-refractivity contribution < 1.29 is 9.59 Å². The highest BCUT2D eigenvalue weighted by atomic mass is 35.5. The normalized spacial score (nSPS) is 16.9. The average Bonchev–Trinajstić information content (AvgIpc) is 2.62. The molecule has 3 rings (SSSR count). The van der Waals surface area contributed by atoms with Crippen molar-refractivity contribution in [2.75, 3.05) is 18.4 Å². The van der Waals surface area contributed by atoms with Crippen LogP contribution in [0.1, 0.15) is 39.9 Å². The van der Waals surface area contributed by atoms with Gasteiger partial charge in [-0.2, -0.15) is 0 Å². The summed E-state index contributed by atoms with van der Waals surface area (Å²) in [6.45, 7) is 7.04. The SMILES string of the molecule is Cc1cc(C)cc(C(=O)N2CCCC(C(=O)Nc3ccc(C)cc3Cl)C2)c1. The van der Waals surface area contributed by atoms with Gasteiger partial charge in [0.1, 0.15) is 0 Å². The van der Waals surface area contributed by atoms with E-state index in [9.17, 15) is 9.59 Å². The molecule has 1 aliphatic heterocycles. The van der Waals surface area contributed by atoms with Gasteiger partial charge in [-0.15, -0.1) is 0 Å². The van der Waals surface area contributed by atoms with Crippen molar-refractivity contribution in [3.05, 3.63) is 63.7 Å². The molecule has 1 aliphatic rings. The number of benzene rings is 2. The number of rotatable bonds is 3. The van der Waals surface area contributed by atoms with Crippen LogP contribution in [0.2, 0.25) is 5.02 Å². The molecule has 2 aromatic carbocycles. The van der Waals surface area contributed by atoms with E-state index in [0.717, 1.165) is 29.5 Å². The lowest BCUT2D eigenvalue weighted by Gasteiger charge is -2.32. The van der Waals surface area contributed by atoms with Crippen LogP contribution >= 0.6 is 11.6 Å². The number of aryl methyl sites for hydroxylation is 3. The summed E-state index contributed by atoms with van der Waals surface area (Å²) in [5, 5.41) is 3.45. The number of carbonyl (C=O) groups is 2. The van der Waals surface area contributed by atoms with Crippen LogP contribution in [0.25, 0.3) is 0 Å². The van der Waals surface area contributed by atoms with Crippen molar-refractivity contribution in [3.63, 3.8) is 0 Å². The number of piperidine rings is 1. The molecule has 27 heavy (non-hydrogen) atoms. The van der Waals surface area contributed by atoms with E-state index in [1.807, 2.05) is 51.1 Å². The number of amides is 2. The number of hydrogen-bond donors (Lipinski definition) is 1. The summed E-state index contributed by atoms with van der Waals surface area (Å²) in [5.74, 6) is -0.322. The molecule has 2 aromatic rings. The highest BCUT2D eigenvalue weighted by molar-refractivity contribution is 6.33. The molecule has 5 heteroatoms. The second-order valence-corrected chi connectivity index (χ2v) is 7.85. The van der Waals surface area contributed by atoms with E-state index in [1.54, 1.807) is 4.90 Å². The van der Waals surface area contributed by atoms with Gasteiger partial charge < -0.3 is 10.2 Å². The van der Waals surface area contributed by atoms with Crippen molar-refractivity contribution in [1.29, 1.82) is 0 Å². The molecule has 0 aliphatic carbocycles. The van der Waals surface area contributed by atoms with E-state index in [0.29, 0.717) is 29.4 Å². The summed E-state index contributed by atoms with van der Waals surface area (Å²) >= 11 is 6.22. The molecule has 1 saturated heterocycles. The van der Waals surface area contributed by atoms with Crippen molar-refractivity contribution >= 4 is 29.1 Å². The first-order valence-electron chi connectivity index (χ1n) is 9.28. The summed E-state index contributed by atoms with van der Waals surface area (Å²) in [4.78, 5) is 27.4. The second kappa shape index (κ2) is 8.13. The van der Waals surface area contributed by atoms with Crippen molar-refractivity contribution in [2.45, 2.75) is 33.6 Å². The Morgan fingerprint density at radius 1 is 1.04 bits per heavy atom. The summed E-state index contributed by atoms with van der Waals surface area (Å²) < 4.78 is 0. The standard InChI is InChI=1S/C22H25ClN2O2/c1-14-6-7-20(19(23)12-14)24-21(26)17-5-4-8-25(13-17)22(27)18-10-15(2)9-16(3)11-18/h6-7,9-12,17H,4-5,8,13H2,1-3H3,(H,24,26). The summed E-state index contributed by atoms with van der Waals surface area (Å²) in [6.07, 6.45) is 1.59. The second-order valence-electron chi connectivity index (χ2n) is 7.44. The highest BCUT2D eigenvalue weighted by Gasteiger charge is 2.29. The maximum atomic E-state index is 12.9. The Balaban J connectivity index is 1.69. The number of nitrogens with one attached hydrogen (secondary N) is 1. The molecule has 0 aromatic heterocycles. The molecule has 0 spiro atoms. The van der Waals surface area contributed by atoms with Crippen LogP contribution in [0.15, 0.2) is 36.4 Å². The highest BCUT2D eigenvalue weighted by Crippen LogP contribution is 2.25. The first-order valence-corrected chi connectivity index (χ1v) is 9.66.